The topological polar surface area (TPSA) is 101 Å². The number of primary amides is 1. The van der Waals surface area contributed by atoms with Gasteiger partial charge in [-0.2, -0.15) is 0 Å². The van der Waals surface area contributed by atoms with Crippen LogP contribution < -0.4 is 10.6 Å². The molecule has 3 rings (SSSR count). The molecular weight excluding hydrogens is 372 g/mol. The van der Waals surface area contributed by atoms with Crippen LogP contribution in [-0.2, 0) is 4.79 Å². The van der Waals surface area contributed by atoms with E-state index in [1.807, 2.05) is 0 Å². The summed E-state index contributed by atoms with van der Waals surface area (Å²) < 4.78 is 0.289. The first-order chi connectivity index (χ1) is 12.4. The quantitative estimate of drug-likeness (QED) is 0.621. The van der Waals surface area contributed by atoms with E-state index in [-0.39, 0.29) is 21.4 Å². The molecule has 2 aromatic rings. The summed E-state index contributed by atoms with van der Waals surface area (Å²) in [5.41, 5.74) is 6.75. The number of thioether (sulfide) groups is 1. The van der Waals surface area contributed by atoms with Gasteiger partial charge in [-0.3, -0.25) is 14.5 Å². The van der Waals surface area contributed by atoms with Crippen LogP contribution in [0.3, 0.4) is 0 Å². The minimum Gasteiger partial charge on any atom is -0.478 e. The molecule has 1 fully saturated rings. The molecular formula is C18H12N2O4S2. The van der Waals surface area contributed by atoms with Crippen LogP contribution in [0, 0.1) is 0 Å². The van der Waals surface area contributed by atoms with Gasteiger partial charge in [0.05, 0.1) is 21.7 Å². The van der Waals surface area contributed by atoms with Crippen molar-refractivity contribution in [1.29, 1.82) is 0 Å². The molecule has 0 radical (unpaired) electrons. The lowest BCUT2D eigenvalue weighted by Crippen LogP contribution is -2.30. The fourth-order valence-electron chi connectivity index (χ4n) is 2.43. The third kappa shape index (κ3) is 3.37. The van der Waals surface area contributed by atoms with E-state index in [0.29, 0.717) is 16.2 Å². The molecule has 0 spiro atoms. The number of carboxylic acid groups (broad SMARTS) is 1. The molecule has 2 aromatic carbocycles. The van der Waals surface area contributed by atoms with E-state index in [0.717, 1.165) is 11.8 Å². The highest BCUT2D eigenvalue weighted by Crippen LogP contribution is 2.37. The van der Waals surface area contributed by atoms with Gasteiger partial charge in [0.2, 0.25) is 0 Å². The van der Waals surface area contributed by atoms with Crippen molar-refractivity contribution < 1.29 is 19.5 Å². The van der Waals surface area contributed by atoms with Crippen LogP contribution in [0.2, 0.25) is 0 Å². The SMILES string of the molecule is NC(=O)c1ccccc1N1C(=O)/C(=C/c2ccc(C(=O)O)cc2)SC1=S. The Morgan fingerprint density at radius 1 is 1.12 bits per heavy atom. The minimum atomic E-state index is -1.02. The number of nitrogens with two attached hydrogens (primary N) is 1. The van der Waals surface area contributed by atoms with Crippen molar-refractivity contribution in [3.63, 3.8) is 0 Å². The van der Waals surface area contributed by atoms with Gasteiger partial charge in [0.15, 0.2) is 4.32 Å². The van der Waals surface area contributed by atoms with Gasteiger partial charge in [0.1, 0.15) is 0 Å². The second-order valence-electron chi connectivity index (χ2n) is 5.33. The number of amides is 2. The first-order valence-electron chi connectivity index (χ1n) is 7.38. The zero-order valence-electron chi connectivity index (χ0n) is 13.2. The standard InChI is InChI=1S/C18H12N2O4S2/c19-15(21)12-3-1-2-4-13(12)20-16(22)14(26-18(20)25)9-10-5-7-11(8-6-10)17(23)24/h1-9H,(H2,19,21)(H,23,24)/b14-9-. The molecule has 26 heavy (non-hydrogen) atoms. The number of hydrogen-bond acceptors (Lipinski definition) is 5. The fourth-order valence-corrected chi connectivity index (χ4v) is 3.71. The lowest BCUT2D eigenvalue weighted by Gasteiger charge is -2.17. The highest BCUT2D eigenvalue weighted by Gasteiger charge is 2.35. The summed E-state index contributed by atoms with van der Waals surface area (Å²) in [5.74, 6) is -2.04. The number of benzene rings is 2. The van der Waals surface area contributed by atoms with E-state index < -0.39 is 11.9 Å². The molecule has 1 saturated heterocycles. The number of thiocarbonyl (C=S) groups is 1. The highest BCUT2D eigenvalue weighted by molar-refractivity contribution is 8.27. The fraction of sp³-hybridized carbons (Fsp3) is 0. The molecule has 8 heteroatoms. The van der Waals surface area contributed by atoms with Crippen LogP contribution in [0.1, 0.15) is 26.3 Å². The van der Waals surface area contributed by atoms with Crippen LogP contribution in [0.15, 0.2) is 53.4 Å². The molecule has 0 unspecified atom stereocenters. The summed E-state index contributed by atoms with van der Waals surface area (Å²) in [4.78, 5) is 36.9. The first-order valence-corrected chi connectivity index (χ1v) is 8.61. The van der Waals surface area contributed by atoms with Crippen LogP contribution in [-0.4, -0.2) is 27.2 Å². The maximum Gasteiger partial charge on any atom is 0.335 e. The Hall–Kier alpha value is -2.97. The molecule has 1 heterocycles. The van der Waals surface area contributed by atoms with E-state index in [4.69, 9.17) is 23.1 Å². The smallest absolute Gasteiger partial charge is 0.335 e. The summed E-state index contributed by atoms with van der Waals surface area (Å²) in [6.45, 7) is 0. The van der Waals surface area contributed by atoms with Crippen molar-refractivity contribution in [2.45, 2.75) is 0 Å². The van der Waals surface area contributed by atoms with Crippen LogP contribution in [0.5, 0.6) is 0 Å². The molecule has 0 aliphatic carbocycles. The summed E-state index contributed by atoms with van der Waals surface area (Å²) >= 11 is 6.39. The maximum atomic E-state index is 12.8. The maximum absolute atomic E-state index is 12.8. The Kier molecular flexibility index (Phi) is 4.88. The van der Waals surface area contributed by atoms with Gasteiger partial charge < -0.3 is 10.8 Å². The Labute approximate surface area is 158 Å². The number of carboxylic acids is 1. The summed E-state index contributed by atoms with van der Waals surface area (Å²) in [7, 11) is 0. The molecule has 1 aliphatic heterocycles. The predicted octanol–water partition coefficient (Wildman–Crippen LogP) is 2.89. The normalized spacial score (nSPS) is 15.5. The molecule has 6 nitrogen and oxygen atoms in total. The largest absolute Gasteiger partial charge is 0.478 e. The number of carbonyl (C=O) groups excluding carboxylic acids is 2. The molecule has 2 amide bonds. The van der Waals surface area contributed by atoms with E-state index >= 15 is 0 Å². The van der Waals surface area contributed by atoms with E-state index in [9.17, 15) is 14.4 Å². The third-order valence-corrected chi connectivity index (χ3v) is 4.96. The predicted molar refractivity (Wildman–Crippen MR) is 104 cm³/mol. The van der Waals surface area contributed by atoms with E-state index in [1.165, 1.54) is 23.1 Å². The average Bonchev–Trinajstić information content (AvgIpc) is 2.89. The number of hydrogen-bond donors (Lipinski definition) is 2. The number of para-hydroxylation sites is 1. The van der Waals surface area contributed by atoms with Crippen molar-refractivity contribution in [2.75, 3.05) is 4.90 Å². The summed E-state index contributed by atoms with van der Waals surface area (Å²) in [6, 6.07) is 12.6. The number of anilines is 1. The van der Waals surface area contributed by atoms with Crippen LogP contribution >= 0.6 is 24.0 Å². The zero-order valence-corrected chi connectivity index (χ0v) is 14.8. The molecule has 130 valence electrons. The Morgan fingerprint density at radius 2 is 1.77 bits per heavy atom. The van der Waals surface area contributed by atoms with Gasteiger partial charge in [-0.05, 0) is 35.9 Å². The zero-order chi connectivity index (χ0) is 18.8. The monoisotopic (exact) mass is 384 g/mol. The van der Waals surface area contributed by atoms with Gasteiger partial charge in [-0.15, -0.1) is 0 Å². The molecule has 3 N–H and O–H groups in total. The molecule has 0 saturated carbocycles. The first kappa shape index (κ1) is 17.8. The van der Waals surface area contributed by atoms with Gasteiger partial charge >= 0.3 is 5.97 Å². The Bertz CT molecular complexity index is 967. The van der Waals surface area contributed by atoms with Crippen LogP contribution in [0.4, 0.5) is 5.69 Å². The lowest BCUT2D eigenvalue weighted by atomic mass is 10.1. The number of aromatic carboxylic acids is 1. The van der Waals surface area contributed by atoms with Gasteiger partial charge in [0, 0.05) is 0 Å². The summed E-state index contributed by atoms with van der Waals surface area (Å²) in [6.07, 6.45) is 1.62. The molecule has 0 atom stereocenters. The van der Waals surface area contributed by atoms with Crippen LogP contribution in [0.25, 0.3) is 6.08 Å². The van der Waals surface area contributed by atoms with E-state index in [1.54, 1.807) is 36.4 Å². The van der Waals surface area contributed by atoms with Gasteiger partial charge in [-0.1, -0.05) is 48.2 Å². The minimum absolute atomic E-state index is 0.157. The molecule has 0 bridgehead atoms. The summed E-state index contributed by atoms with van der Waals surface area (Å²) in [5, 5.41) is 8.93. The van der Waals surface area contributed by atoms with Crippen molar-refractivity contribution in [3.05, 3.63) is 70.1 Å². The second-order valence-corrected chi connectivity index (χ2v) is 7.00. The number of carbonyl (C=O) groups is 3. The van der Waals surface area contributed by atoms with Crippen molar-refractivity contribution >= 4 is 57.8 Å². The van der Waals surface area contributed by atoms with Gasteiger partial charge in [0.25, 0.3) is 11.8 Å². The second kappa shape index (κ2) is 7.11. The van der Waals surface area contributed by atoms with Crippen molar-refractivity contribution in [3.8, 4) is 0 Å². The van der Waals surface area contributed by atoms with Gasteiger partial charge in [-0.25, -0.2) is 4.79 Å². The number of nitrogens with zero attached hydrogens (tertiary/aromatic N) is 1. The Balaban J connectivity index is 1.94. The third-order valence-electron chi connectivity index (χ3n) is 3.66. The number of rotatable bonds is 4. The van der Waals surface area contributed by atoms with Crippen molar-refractivity contribution in [2.24, 2.45) is 5.73 Å². The average molecular weight is 384 g/mol. The van der Waals surface area contributed by atoms with E-state index in [2.05, 4.69) is 0 Å². The lowest BCUT2D eigenvalue weighted by molar-refractivity contribution is -0.113. The Morgan fingerprint density at radius 3 is 2.38 bits per heavy atom. The van der Waals surface area contributed by atoms with Crippen molar-refractivity contribution in [1.82, 2.24) is 0 Å². The molecule has 1 aliphatic rings. The molecule has 0 aromatic heterocycles. The highest BCUT2D eigenvalue weighted by atomic mass is 32.2.